The Morgan fingerprint density at radius 3 is 3.08 bits per heavy atom. The predicted molar refractivity (Wildman–Crippen MR) is 55.0 cm³/mol. The van der Waals surface area contributed by atoms with Crippen LogP contribution >= 0.6 is 11.5 Å². The van der Waals surface area contributed by atoms with E-state index in [1.54, 1.807) is 6.33 Å². The molecule has 13 heavy (non-hydrogen) atoms. The Bertz CT molecular complexity index is 305. The number of rotatable bonds is 1. The summed E-state index contributed by atoms with van der Waals surface area (Å²) in [5.74, 6) is 0.623. The smallest absolute Gasteiger partial charge is 0.205 e. The fourth-order valence-corrected chi connectivity index (χ4v) is 2.29. The molecule has 0 aromatic carbocycles. The van der Waals surface area contributed by atoms with Crippen molar-refractivity contribution in [3.8, 4) is 0 Å². The normalized spacial score (nSPS) is 23.1. The average molecular weight is 195 g/mol. The summed E-state index contributed by atoms with van der Waals surface area (Å²) in [4.78, 5) is 6.50. The first-order valence-corrected chi connectivity index (χ1v) is 5.22. The number of hydrogen-bond donors (Lipinski definition) is 0. The van der Waals surface area contributed by atoms with E-state index in [4.69, 9.17) is 0 Å². The zero-order valence-electron chi connectivity index (χ0n) is 7.90. The summed E-state index contributed by atoms with van der Waals surface area (Å²) in [6, 6.07) is 0. The Morgan fingerprint density at radius 2 is 2.46 bits per heavy atom. The number of anilines is 1. The van der Waals surface area contributed by atoms with Crippen LogP contribution in [0.2, 0.25) is 0 Å². The highest BCUT2D eigenvalue weighted by atomic mass is 32.1. The van der Waals surface area contributed by atoms with Gasteiger partial charge in [0.25, 0.3) is 0 Å². The van der Waals surface area contributed by atoms with Crippen molar-refractivity contribution in [2.24, 2.45) is 5.92 Å². The Labute approximate surface area is 82.3 Å². The van der Waals surface area contributed by atoms with Crippen LogP contribution in [-0.4, -0.2) is 22.4 Å². The van der Waals surface area contributed by atoms with E-state index < -0.39 is 0 Å². The summed E-state index contributed by atoms with van der Waals surface area (Å²) in [5.41, 5.74) is 1.42. The minimum absolute atomic E-state index is 0.623. The van der Waals surface area contributed by atoms with Crippen LogP contribution in [-0.2, 0) is 0 Å². The molecular formula is C9H13N3S. The number of aromatic nitrogens is 2. The van der Waals surface area contributed by atoms with Crippen LogP contribution in [0.15, 0.2) is 18.0 Å². The van der Waals surface area contributed by atoms with Crippen molar-refractivity contribution in [3.63, 3.8) is 0 Å². The summed E-state index contributed by atoms with van der Waals surface area (Å²) in [6.07, 6.45) is 3.95. The van der Waals surface area contributed by atoms with Gasteiger partial charge < -0.3 is 4.90 Å². The van der Waals surface area contributed by atoms with Gasteiger partial charge >= 0.3 is 0 Å². The van der Waals surface area contributed by atoms with Crippen LogP contribution in [0.5, 0.6) is 0 Å². The molecular weight excluding hydrogens is 182 g/mol. The summed E-state index contributed by atoms with van der Waals surface area (Å²) in [7, 11) is 0. The third-order valence-electron chi connectivity index (χ3n) is 2.14. The minimum Gasteiger partial charge on any atom is -0.342 e. The van der Waals surface area contributed by atoms with Gasteiger partial charge in [0.1, 0.15) is 6.33 Å². The van der Waals surface area contributed by atoms with Gasteiger partial charge in [0.15, 0.2) is 0 Å². The maximum Gasteiger partial charge on any atom is 0.205 e. The van der Waals surface area contributed by atoms with Crippen LogP contribution in [0.3, 0.4) is 0 Å². The first kappa shape index (κ1) is 8.69. The van der Waals surface area contributed by atoms with Gasteiger partial charge in [-0.2, -0.15) is 4.37 Å². The van der Waals surface area contributed by atoms with Crippen molar-refractivity contribution in [1.29, 1.82) is 0 Å². The molecule has 2 rings (SSSR count). The van der Waals surface area contributed by atoms with E-state index in [-0.39, 0.29) is 0 Å². The fourth-order valence-electron chi connectivity index (χ4n) is 1.76. The summed E-state index contributed by atoms with van der Waals surface area (Å²) in [6.45, 7) is 6.46. The van der Waals surface area contributed by atoms with E-state index in [0.29, 0.717) is 5.92 Å². The van der Waals surface area contributed by atoms with E-state index in [1.807, 2.05) is 0 Å². The molecule has 0 spiro atoms. The predicted octanol–water partition coefficient (Wildman–Crippen LogP) is 1.94. The molecule has 1 aromatic heterocycles. The van der Waals surface area contributed by atoms with Crippen molar-refractivity contribution in [3.05, 3.63) is 18.0 Å². The Balaban J connectivity index is 2.15. The van der Waals surface area contributed by atoms with Crippen molar-refractivity contribution in [2.75, 3.05) is 18.0 Å². The maximum absolute atomic E-state index is 4.21. The second kappa shape index (κ2) is 3.46. The average Bonchev–Trinajstić information content (AvgIpc) is 2.53. The van der Waals surface area contributed by atoms with Crippen molar-refractivity contribution < 1.29 is 0 Å². The van der Waals surface area contributed by atoms with Crippen LogP contribution in [0.25, 0.3) is 0 Å². The lowest BCUT2D eigenvalue weighted by Crippen LogP contribution is -2.33. The molecule has 3 nitrogen and oxygen atoms in total. The van der Waals surface area contributed by atoms with Gasteiger partial charge in [0.2, 0.25) is 5.13 Å². The molecule has 0 saturated carbocycles. The Hall–Kier alpha value is -0.900. The summed E-state index contributed by atoms with van der Waals surface area (Å²) >= 11 is 1.47. The Morgan fingerprint density at radius 1 is 1.62 bits per heavy atom. The lowest BCUT2D eigenvalue weighted by atomic mass is 10.0. The second-order valence-electron chi connectivity index (χ2n) is 3.59. The first-order chi connectivity index (χ1) is 6.25. The van der Waals surface area contributed by atoms with Gasteiger partial charge in [0, 0.05) is 24.6 Å². The highest BCUT2D eigenvalue weighted by Gasteiger charge is 2.17. The van der Waals surface area contributed by atoms with Crippen molar-refractivity contribution in [2.45, 2.75) is 13.8 Å². The molecule has 1 aliphatic rings. The molecule has 0 bridgehead atoms. The molecule has 0 fully saturated rings. The second-order valence-corrected chi connectivity index (χ2v) is 4.35. The molecule has 0 N–H and O–H groups in total. The first-order valence-electron chi connectivity index (χ1n) is 4.44. The number of hydrogen-bond acceptors (Lipinski definition) is 4. The van der Waals surface area contributed by atoms with Gasteiger partial charge in [-0.1, -0.05) is 18.6 Å². The number of nitrogens with zero attached hydrogens (tertiary/aromatic N) is 3. The third kappa shape index (κ3) is 1.88. The van der Waals surface area contributed by atoms with Crippen LogP contribution in [0.1, 0.15) is 13.8 Å². The standard InChI is InChI=1S/C9H13N3S/c1-7-3-8(2)5-12(4-7)9-10-6-11-13-9/h3,6-7H,4-5H2,1-2H3. The van der Waals surface area contributed by atoms with Crippen LogP contribution in [0.4, 0.5) is 5.13 Å². The molecule has 0 saturated heterocycles. The van der Waals surface area contributed by atoms with Crippen LogP contribution < -0.4 is 4.90 Å². The fraction of sp³-hybridized carbons (Fsp3) is 0.556. The van der Waals surface area contributed by atoms with Crippen molar-refractivity contribution >= 4 is 16.7 Å². The molecule has 70 valence electrons. The molecule has 1 atom stereocenters. The minimum atomic E-state index is 0.623. The summed E-state index contributed by atoms with van der Waals surface area (Å²) in [5, 5.41) is 1.04. The highest BCUT2D eigenvalue weighted by molar-refractivity contribution is 7.09. The van der Waals surface area contributed by atoms with Crippen LogP contribution in [0, 0.1) is 5.92 Å². The molecule has 1 aromatic rings. The largest absolute Gasteiger partial charge is 0.342 e. The molecule has 0 aliphatic carbocycles. The zero-order valence-corrected chi connectivity index (χ0v) is 8.71. The maximum atomic E-state index is 4.21. The monoisotopic (exact) mass is 195 g/mol. The molecule has 0 radical (unpaired) electrons. The SMILES string of the molecule is CC1=CC(C)CN(c2ncns2)C1. The third-order valence-corrected chi connectivity index (χ3v) is 2.86. The molecule has 1 aliphatic heterocycles. The van der Waals surface area contributed by atoms with Gasteiger partial charge in [0.05, 0.1) is 0 Å². The topological polar surface area (TPSA) is 29.0 Å². The lowest BCUT2D eigenvalue weighted by molar-refractivity contribution is 0.642. The zero-order chi connectivity index (χ0) is 9.26. The van der Waals surface area contributed by atoms with E-state index >= 15 is 0 Å². The summed E-state index contributed by atoms with van der Waals surface area (Å²) < 4.78 is 4.02. The van der Waals surface area contributed by atoms with E-state index in [1.165, 1.54) is 17.1 Å². The molecule has 4 heteroatoms. The quantitative estimate of drug-likeness (QED) is 0.641. The van der Waals surface area contributed by atoms with E-state index in [2.05, 4.69) is 34.2 Å². The van der Waals surface area contributed by atoms with Gasteiger partial charge in [-0.05, 0) is 12.8 Å². The molecule has 1 unspecified atom stereocenters. The van der Waals surface area contributed by atoms with E-state index in [0.717, 1.165) is 18.2 Å². The molecule has 2 heterocycles. The van der Waals surface area contributed by atoms with E-state index in [9.17, 15) is 0 Å². The molecule has 0 amide bonds. The van der Waals surface area contributed by atoms with Gasteiger partial charge in [-0.25, -0.2) is 4.98 Å². The van der Waals surface area contributed by atoms with Crippen molar-refractivity contribution in [1.82, 2.24) is 9.36 Å². The van der Waals surface area contributed by atoms with Gasteiger partial charge in [-0.3, -0.25) is 0 Å². The lowest BCUT2D eigenvalue weighted by Gasteiger charge is -2.28. The van der Waals surface area contributed by atoms with Gasteiger partial charge in [-0.15, -0.1) is 0 Å². The Kier molecular flexibility index (Phi) is 2.31. The highest BCUT2D eigenvalue weighted by Crippen LogP contribution is 2.22.